The highest BCUT2D eigenvalue weighted by atomic mass is 16.4. The lowest BCUT2D eigenvalue weighted by Gasteiger charge is -2.15. The molecule has 1 aromatic rings. The van der Waals surface area contributed by atoms with Gasteiger partial charge in [-0.3, -0.25) is 0 Å². The Morgan fingerprint density at radius 2 is 1.59 bits per heavy atom. The topological polar surface area (TPSA) is 30.2 Å². The first-order valence-electron chi connectivity index (χ1n) is 5.94. The summed E-state index contributed by atoms with van der Waals surface area (Å²) in [6.45, 7) is 15.6. The Morgan fingerprint density at radius 3 is 1.94 bits per heavy atom. The summed E-state index contributed by atoms with van der Waals surface area (Å²) in [5.41, 5.74) is 4.16. The zero-order valence-electron chi connectivity index (χ0n) is 11.1. The van der Waals surface area contributed by atoms with Crippen LogP contribution >= 0.6 is 0 Å². The van der Waals surface area contributed by atoms with Gasteiger partial charge in [0.15, 0.2) is 0 Å². The Kier molecular flexibility index (Phi) is 4.11. The van der Waals surface area contributed by atoms with Crippen molar-refractivity contribution in [1.29, 1.82) is 0 Å². The number of hydrogen-bond acceptors (Lipinski definition) is 2. The summed E-state index contributed by atoms with van der Waals surface area (Å²) in [5.74, 6) is 0.618. The maximum absolute atomic E-state index is 11.9. The summed E-state index contributed by atoms with van der Waals surface area (Å²) in [4.78, 5) is 11.9. The Balaban J connectivity index is 3.78. The molecule has 0 fully saturated rings. The predicted molar refractivity (Wildman–Crippen MR) is 73.2 cm³/mol. The fraction of sp³-hybridized carbons (Fsp3) is 0.400. The van der Waals surface area contributed by atoms with Crippen LogP contribution in [0, 0.1) is 0 Å². The Bertz CT molecular complexity index is 518. The zero-order valence-corrected chi connectivity index (χ0v) is 11.1. The van der Waals surface area contributed by atoms with Gasteiger partial charge in [-0.1, -0.05) is 32.6 Å². The van der Waals surface area contributed by atoms with Gasteiger partial charge in [0.25, 0.3) is 0 Å². The molecule has 0 radical (unpaired) electrons. The third-order valence-electron chi connectivity index (χ3n) is 2.84. The summed E-state index contributed by atoms with van der Waals surface area (Å²) in [6.07, 6.45) is 1.47. The van der Waals surface area contributed by atoms with Crippen LogP contribution in [0.1, 0.15) is 50.1 Å². The van der Waals surface area contributed by atoms with Crippen molar-refractivity contribution in [3.63, 3.8) is 0 Å². The largest absolute Gasteiger partial charge is 0.423 e. The summed E-state index contributed by atoms with van der Waals surface area (Å²) >= 11 is 0. The predicted octanol–water partition coefficient (Wildman–Crippen LogP) is 3.83. The van der Waals surface area contributed by atoms with Crippen LogP contribution in [-0.2, 0) is 12.8 Å². The molecule has 0 saturated carbocycles. The lowest BCUT2D eigenvalue weighted by molar-refractivity contribution is 0.482. The second kappa shape index (κ2) is 5.17. The molecule has 1 aromatic heterocycles. The van der Waals surface area contributed by atoms with Gasteiger partial charge in [0, 0.05) is 11.1 Å². The number of hydrogen-bond donors (Lipinski definition) is 0. The van der Waals surface area contributed by atoms with Crippen LogP contribution in [0.4, 0.5) is 0 Å². The molecule has 0 atom stereocenters. The van der Waals surface area contributed by atoms with Gasteiger partial charge in [-0.25, -0.2) is 4.79 Å². The van der Waals surface area contributed by atoms with E-state index >= 15 is 0 Å². The highest BCUT2D eigenvalue weighted by Gasteiger charge is 2.18. The minimum absolute atomic E-state index is 0.263. The van der Waals surface area contributed by atoms with Crippen LogP contribution in [0.25, 0.3) is 11.1 Å². The molecule has 0 aliphatic carbocycles. The third kappa shape index (κ3) is 2.41. The maximum atomic E-state index is 11.9. The molecule has 0 saturated heterocycles. The average Bonchev–Trinajstić information content (AvgIpc) is 2.26. The van der Waals surface area contributed by atoms with Crippen molar-refractivity contribution in [2.75, 3.05) is 0 Å². The quantitative estimate of drug-likeness (QED) is 0.789. The average molecular weight is 232 g/mol. The molecule has 1 rings (SSSR count). The van der Waals surface area contributed by atoms with E-state index in [1.807, 2.05) is 27.7 Å². The molecule has 0 unspecified atom stereocenters. The molecule has 0 aromatic carbocycles. The van der Waals surface area contributed by atoms with Gasteiger partial charge < -0.3 is 4.42 Å². The smallest absolute Gasteiger partial charge is 0.340 e. The highest BCUT2D eigenvalue weighted by molar-refractivity contribution is 5.72. The Morgan fingerprint density at radius 1 is 1.06 bits per heavy atom. The summed E-state index contributed by atoms with van der Waals surface area (Å²) in [6, 6.07) is 0. The van der Waals surface area contributed by atoms with E-state index in [0.717, 1.165) is 34.3 Å². The number of rotatable bonds is 4. The molecule has 0 aliphatic heterocycles. The standard InChI is InChI=1S/C15H20O2/c1-7-11-13(9(3)4)12(8-2)15(16)17-14(11)10(5)6/h3,5,7-8H2,1-2,4,6H3. The van der Waals surface area contributed by atoms with Crippen LogP contribution in [0.5, 0.6) is 0 Å². The van der Waals surface area contributed by atoms with Crippen molar-refractivity contribution in [3.05, 3.63) is 46.0 Å². The van der Waals surface area contributed by atoms with E-state index in [1.54, 1.807) is 0 Å². The lowest BCUT2D eigenvalue weighted by atomic mass is 9.92. The van der Waals surface area contributed by atoms with E-state index < -0.39 is 0 Å². The van der Waals surface area contributed by atoms with E-state index in [4.69, 9.17) is 4.42 Å². The third-order valence-corrected chi connectivity index (χ3v) is 2.84. The molecule has 0 N–H and O–H groups in total. The molecule has 2 heteroatoms. The lowest BCUT2D eigenvalue weighted by Crippen LogP contribution is -2.14. The van der Waals surface area contributed by atoms with Gasteiger partial charge >= 0.3 is 5.63 Å². The maximum Gasteiger partial charge on any atom is 0.340 e. The molecule has 17 heavy (non-hydrogen) atoms. The van der Waals surface area contributed by atoms with Gasteiger partial charge in [0.05, 0.1) is 0 Å². The van der Waals surface area contributed by atoms with Crippen molar-refractivity contribution in [2.24, 2.45) is 0 Å². The van der Waals surface area contributed by atoms with Gasteiger partial charge in [0.1, 0.15) is 5.76 Å². The van der Waals surface area contributed by atoms with Crippen molar-refractivity contribution in [3.8, 4) is 0 Å². The van der Waals surface area contributed by atoms with E-state index in [1.165, 1.54) is 0 Å². The first-order chi connectivity index (χ1) is 7.93. The van der Waals surface area contributed by atoms with Gasteiger partial charge in [0.2, 0.25) is 0 Å². The molecule has 92 valence electrons. The van der Waals surface area contributed by atoms with Crippen LogP contribution in [-0.4, -0.2) is 0 Å². The Labute approximate surface area is 103 Å². The summed E-state index contributed by atoms with van der Waals surface area (Å²) < 4.78 is 5.38. The van der Waals surface area contributed by atoms with E-state index in [-0.39, 0.29) is 5.63 Å². The Hall–Kier alpha value is -1.57. The van der Waals surface area contributed by atoms with Gasteiger partial charge in [-0.2, -0.15) is 0 Å². The molecular weight excluding hydrogens is 212 g/mol. The van der Waals surface area contributed by atoms with Crippen LogP contribution in [0.15, 0.2) is 22.4 Å². The zero-order chi connectivity index (χ0) is 13.2. The van der Waals surface area contributed by atoms with Crippen molar-refractivity contribution < 1.29 is 4.42 Å². The first kappa shape index (κ1) is 13.5. The van der Waals surface area contributed by atoms with E-state index in [9.17, 15) is 4.79 Å². The van der Waals surface area contributed by atoms with Crippen LogP contribution in [0.3, 0.4) is 0 Å². The first-order valence-corrected chi connectivity index (χ1v) is 5.94. The molecular formula is C15H20O2. The monoisotopic (exact) mass is 232 g/mol. The summed E-state index contributed by atoms with van der Waals surface area (Å²) in [7, 11) is 0. The fourth-order valence-electron chi connectivity index (χ4n) is 2.13. The van der Waals surface area contributed by atoms with E-state index in [0.29, 0.717) is 12.2 Å². The number of allylic oxidation sites excluding steroid dienone is 2. The molecule has 0 aliphatic rings. The molecule has 0 spiro atoms. The molecule has 2 nitrogen and oxygen atoms in total. The second-order valence-electron chi connectivity index (χ2n) is 4.32. The minimum atomic E-state index is -0.263. The molecule has 0 amide bonds. The second-order valence-corrected chi connectivity index (χ2v) is 4.32. The van der Waals surface area contributed by atoms with Gasteiger partial charge in [-0.15, -0.1) is 0 Å². The van der Waals surface area contributed by atoms with Crippen molar-refractivity contribution >= 4 is 11.1 Å². The highest BCUT2D eigenvalue weighted by Crippen LogP contribution is 2.27. The van der Waals surface area contributed by atoms with Crippen LogP contribution in [0.2, 0.25) is 0 Å². The SMILES string of the molecule is C=C(C)c1oc(=O)c(CC)c(C(=C)C)c1CC. The van der Waals surface area contributed by atoms with Crippen molar-refractivity contribution in [1.82, 2.24) is 0 Å². The van der Waals surface area contributed by atoms with Crippen molar-refractivity contribution in [2.45, 2.75) is 40.5 Å². The molecule has 1 heterocycles. The van der Waals surface area contributed by atoms with Crippen LogP contribution < -0.4 is 5.63 Å². The molecule has 0 bridgehead atoms. The summed E-state index contributed by atoms with van der Waals surface area (Å²) in [5, 5.41) is 0. The van der Waals surface area contributed by atoms with E-state index in [2.05, 4.69) is 13.2 Å². The normalized spacial score (nSPS) is 10.4. The van der Waals surface area contributed by atoms with Gasteiger partial charge in [-0.05, 0) is 37.8 Å². The minimum Gasteiger partial charge on any atom is -0.423 e. The fourth-order valence-corrected chi connectivity index (χ4v) is 2.13.